The van der Waals surface area contributed by atoms with Crippen LogP contribution in [0.15, 0.2) is 42.6 Å². The average Bonchev–Trinajstić information content (AvgIpc) is 2.74. The Morgan fingerprint density at radius 2 is 2.07 bits per heavy atom. The lowest BCUT2D eigenvalue weighted by molar-refractivity contribution is 0.111. The lowest BCUT2D eigenvalue weighted by atomic mass is 10.1. The first-order chi connectivity index (χ1) is 8.02. The summed E-state index contributed by atoms with van der Waals surface area (Å²) in [5, 5.41) is 0. The topological polar surface area (TPSA) is 22.0 Å². The third-order valence-corrected chi connectivity index (χ3v) is 2.08. The van der Waals surface area contributed by atoms with Crippen molar-refractivity contribution >= 4 is 6.29 Å². The number of aromatic nitrogens is 1. The molecule has 0 fully saturated rings. The maximum atomic E-state index is 10.8. The molecule has 2 nitrogen and oxygen atoms in total. The first-order valence-electron chi connectivity index (χ1n) is 5.76. The Morgan fingerprint density at radius 3 is 2.64 bits per heavy atom. The fourth-order valence-corrected chi connectivity index (χ4v) is 1.36. The Labute approximate surface area is 87.0 Å². The Morgan fingerprint density at radius 1 is 1.29 bits per heavy atom. The van der Waals surface area contributed by atoms with Crippen LogP contribution in [0.3, 0.4) is 0 Å². The van der Waals surface area contributed by atoms with E-state index in [4.69, 9.17) is 4.11 Å². The van der Waals surface area contributed by atoms with Gasteiger partial charge in [0.25, 0.3) is 0 Å². The summed E-state index contributed by atoms with van der Waals surface area (Å²) < 4.78 is 23.0. The third kappa shape index (κ3) is 1.46. The van der Waals surface area contributed by atoms with Crippen molar-refractivity contribution in [2.24, 2.45) is 6.98 Å². The molecule has 2 aromatic rings. The SMILES string of the molecule is [2H]C([2H])([2H])n1cc(-c2ccccc2)cc1C=O. The average molecular weight is 188 g/mol. The lowest BCUT2D eigenvalue weighted by Crippen LogP contribution is -1.90. The van der Waals surface area contributed by atoms with Crippen molar-refractivity contribution in [3.8, 4) is 11.1 Å². The number of benzene rings is 1. The Bertz CT molecular complexity index is 528. The first kappa shape index (κ1) is 5.81. The van der Waals surface area contributed by atoms with Crippen molar-refractivity contribution in [1.29, 1.82) is 0 Å². The molecule has 0 amide bonds. The minimum Gasteiger partial charge on any atom is -0.348 e. The van der Waals surface area contributed by atoms with Gasteiger partial charge in [0.2, 0.25) is 0 Å². The summed E-state index contributed by atoms with van der Waals surface area (Å²) in [6.45, 7) is -2.33. The van der Waals surface area contributed by atoms with E-state index in [0.29, 0.717) is 6.29 Å². The number of rotatable bonds is 2. The van der Waals surface area contributed by atoms with Crippen LogP contribution in [0.1, 0.15) is 14.6 Å². The van der Waals surface area contributed by atoms with E-state index in [1.165, 1.54) is 6.20 Å². The van der Waals surface area contributed by atoms with Crippen LogP contribution in [0.4, 0.5) is 0 Å². The Kier molecular flexibility index (Phi) is 1.45. The predicted molar refractivity (Wildman–Crippen MR) is 56.2 cm³/mol. The molecule has 2 rings (SSSR count). The van der Waals surface area contributed by atoms with Crippen LogP contribution in [0.25, 0.3) is 11.1 Å². The van der Waals surface area contributed by atoms with E-state index >= 15 is 0 Å². The van der Waals surface area contributed by atoms with Crippen LogP contribution in [0.2, 0.25) is 0 Å². The van der Waals surface area contributed by atoms with Crippen molar-refractivity contribution in [2.45, 2.75) is 0 Å². The van der Waals surface area contributed by atoms with Crippen molar-refractivity contribution in [1.82, 2.24) is 4.57 Å². The van der Waals surface area contributed by atoms with Gasteiger partial charge in [-0.15, -0.1) is 0 Å². The number of hydrogen-bond acceptors (Lipinski definition) is 1. The van der Waals surface area contributed by atoms with E-state index in [2.05, 4.69) is 0 Å². The van der Waals surface area contributed by atoms with Crippen LogP contribution in [-0.2, 0) is 6.98 Å². The van der Waals surface area contributed by atoms with Gasteiger partial charge < -0.3 is 4.57 Å². The highest BCUT2D eigenvalue weighted by atomic mass is 16.1. The van der Waals surface area contributed by atoms with Crippen LogP contribution in [0.5, 0.6) is 0 Å². The molecule has 0 N–H and O–H groups in total. The van der Waals surface area contributed by atoms with Crippen molar-refractivity contribution < 1.29 is 8.91 Å². The van der Waals surface area contributed by atoms with Gasteiger partial charge in [-0.25, -0.2) is 0 Å². The molecule has 1 heterocycles. The van der Waals surface area contributed by atoms with Gasteiger partial charge >= 0.3 is 0 Å². The molecule has 0 aliphatic rings. The van der Waals surface area contributed by atoms with Gasteiger partial charge in [-0.3, -0.25) is 4.79 Å². The predicted octanol–water partition coefficient (Wildman–Crippen LogP) is 2.50. The molecule has 0 radical (unpaired) electrons. The summed E-state index contributed by atoms with van der Waals surface area (Å²) in [6.07, 6.45) is 2.03. The number of carbonyl (C=O) groups is 1. The molecule has 1 aromatic heterocycles. The minimum absolute atomic E-state index is 0.156. The Balaban J connectivity index is 2.53. The van der Waals surface area contributed by atoms with E-state index in [1.54, 1.807) is 6.07 Å². The summed E-state index contributed by atoms with van der Waals surface area (Å²) in [4.78, 5) is 10.8. The minimum atomic E-state index is -2.33. The molecule has 0 saturated carbocycles. The molecular weight excluding hydrogens is 174 g/mol. The maximum absolute atomic E-state index is 10.8. The molecule has 0 spiro atoms. The van der Waals surface area contributed by atoms with Crippen molar-refractivity contribution in [3.05, 3.63) is 48.3 Å². The second-order valence-electron chi connectivity index (χ2n) is 3.01. The molecule has 0 bridgehead atoms. The molecule has 0 atom stereocenters. The van der Waals surface area contributed by atoms with Gasteiger partial charge in [-0.2, -0.15) is 0 Å². The van der Waals surface area contributed by atoms with Crippen molar-refractivity contribution in [2.75, 3.05) is 0 Å². The zero-order chi connectivity index (χ0) is 12.5. The lowest BCUT2D eigenvalue weighted by Gasteiger charge is -1.94. The summed E-state index contributed by atoms with van der Waals surface area (Å²) >= 11 is 0. The molecular formula is C12H11NO. The zero-order valence-corrected chi connectivity index (χ0v) is 7.47. The van der Waals surface area contributed by atoms with Gasteiger partial charge in [0.1, 0.15) is 0 Å². The number of carbonyl (C=O) groups excluding carboxylic acids is 1. The van der Waals surface area contributed by atoms with Crippen LogP contribution >= 0.6 is 0 Å². The summed E-state index contributed by atoms with van der Waals surface area (Å²) in [7, 11) is 0. The van der Waals surface area contributed by atoms with Crippen LogP contribution in [0, 0.1) is 0 Å². The van der Waals surface area contributed by atoms with E-state index in [0.717, 1.165) is 15.7 Å². The smallest absolute Gasteiger partial charge is 0.166 e. The summed E-state index contributed by atoms with van der Waals surface area (Å²) in [5.74, 6) is 0. The molecule has 0 aliphatic carbocycles. The number of hydrogen-bond donors (Lipinski definition) is 0. The van der Waals surface area contributed by atoms with Gasteiger partial charge in [0.05, 0.1) is 5.69 Å². The molecule has 14 heavy (non-hydrogen) atoms. The molecule has 0 aliphatic heterocycles. The largest absolute Gasteiger partial charge is 0.348 e. The molecule has 70 valence electrons. The van der Waals surface area contributed by atoms with Gasteiger partial charge in [0.15, 0.2) is 6.29 Å². The summed E-state index contributed by atoms with van der Waals surface area (Å²) in [5.41, 5.74) is 1.77. The second kappa shape index (κ2) is 3.50. The fourth-order valence-electron chi connectivity index (χ4n) is 1.36. The number of aryl methyl sites for hydroxylation is 1. The normalized spacial score (nSPS) is 14.1. The van der Waals surface area contributed by atoms with Gasteiger partial charge in [-0.05, 0) is 11.6 Å². The van der Waals surface area contributed by atoms with E-state index in [9.17, 15) is 4.79 Å². The molecule has 2 heteroatoms. The third-order valence-electron chi connectivity index (χ3n) is 2.08. The quantitative estimate of drug-likeness (QED) is 0.664. The maximum Gasteiger partial charge on any atom is 0.166 e. The van der Waals surface area contributed by atoms with E-state index in [-0.39, 0.29) is 5.69 Å². The van der Waals surface area contributed by atoms with Crippen LogP contribution < -0.4 is 0 Å². The zero-order valence-electron chi connectivity index (χ0n) is 10.5. The van der Waals surface area contributed by atoms with Gasteiger partial charge in [0, 0.05) is 22.8 Å². The molecule has 0 saturated heterocycles. The highest BCUT2D eigenvalue weighted by Gasteiger charge is 2.02. The van der Waals surface area contributed by atoms with Gasteiger partial charge in [-0.1, -0.05) is 30.3 Å². The second-order valence-corrected chi connectivity index (χ2v) is 3.01. The highest BCUT2D eigenvalue weighted by Crippen LogP contribution is 2.20. The standard InChI is InChI=1S/C12H11NO/c1-13-8-11(7-12(13)9-14)10-5-3-2-4-6-10/h2-9H,1H3/i1D3. The van der Waals surface area contributed by atoms with Crippen LogP contribution in [-0.4, -0.2) is 10.9 Å². The number of nitrogens with zero attached hydrogens (tertiary/aromatic N) is 1. The molecule has 0 unspecified atom stereocenters. The van der Waals surface area contributed by atoms with E-state index in [1.807, 2.05) is 30.3 Å². The Hall–Kier alpha value is -1.83. The highest BCUT2D eigenvalue weighted by molar-refractivity contribution is 5.77. The monoisotopic (exact) mass is 188 g/mol. The molecule has 1 aromatic carbocycles. The number of aldehydes is 1. The summed E-state index contributed by atoms with van der Waals surface area (Å²) in [6, 6.07) is 10.9. The first-order valence-corrected chi connectivity index (χ1v) is 4.26. The van der Waals surface area contributed by atoms with Crippen molar-refractivity contribution in [3.63, 3.8) is 0 Å². The fraction of sp³-hybridized carbons (Fsp3) is 0.0833. The van der Waals surface area contributed by atoms with E-state index < -0.39 is 6.98 Å².